The number of nitrogens with one attached hydrogen (secondary N) is 1. The number of fused-ring (bicyclic) bond motifs is 1. The van der Waals surface area contributed by atoms with E-state index in [0.717, 1.165) is 16.9 Å². The summed E-state index contributed by atoms with van der Waals surface area (Å²) in [6, 6.07) is 8.04. The van der Waals surface area contributed by atoms with Crippen molar-refractivity contribution in [3.8, 4) is 12.1 Å². The van der Waals surface area contributed by atoms with Crippen LogP contribution in [0.15, 0.2) is 36.4 Å². The van der Waals surface area contributed by atoms with Crippen molar-refractivity contribution in [1.29, 1.82) is 10.5 Å². The second-order valence-electron chi connectivity index (χ2n) is 7.20. The molecule has 3 aromatic rings. The van der Waals surface area contributed by atoms with Gasteiger partial charge in [0, 0.05) is 5.56 Å². The molecule has 0 aliphatic heterocycles. The summed E-state index contributed by atoms with van der Waals surface area (Å²) in [7, 11) is 0. The first-order valence-electron chi connectivity index (χ1n) is 9.03. The maximum atomic E-state index is 13.0. The van der Waals surface area contributed by atoms with E-state index in [9.17, 15) is 36.4 Å². The van der Waals surface area contributed by atoms with Crippen LogP contribution in [-0.4, -0.2) is 26.4 Å². The van der Waals surface area contributed by atoms with E-state index in [4.69, 9.17) is 5.26 Å². The molecule has 2 aromatic carbocycles. The molecule has 170 valence electrons. The molecule has 0 bridgehead atoms. The minimum absolute atomic E-state index is 0.125. The van der Waals surface area contributed by atoms with E-state index in [1.807, 2.05) is 6.07 Å². The van der Waals surface area contributed by atoms with Crippen molar-refractivity contribution >= 4 is 16.9 Å². The Morgan fingerprint density at radius 2 is 1.61 bits per heavy atom. The first-order valence-corrected chi connectivity index (χ1v) is 9.03. The third-order valence-corrected chi connectivity index (χ3v) is 4.54. The first-order chi connectivity index (χ1) is 15.3. The minimum atomic E-state index is -4.72. The maximum absolute atomic E-state index is 13.0. The highest BCUT2D eigenvalue weighted by atomic mass is 19.4. The molecular weight excluding hydrogens is 454 g/mol. The lowest BCUT2D eigenvalue weighted by Crippen LogP contribution is -2.48. The van der Waals surface area contributed by atoms with Crippen molar-refractivity contribution in [2.45, 2.75) is 31.4 Å². The fourth-order valence-electron chi connectivity index (χ4n) is 2.90. The molecule has 0 fully saturated rings. The van der Waals surface area contributed by atoms with Gasteiger partial charge in [-0.15, -0.1) is 0 Å². The number of hydrogen-bond acceptors (Lipinski definition) is 5. The average Bonchev–Trinajstić information content (AvgIpc) is 3.13. The first kappa shape index (κ1) is 23.5. The Morgan fingerprint density at radius 3 is 2.12 bits per heavy atom. The van der Waals surface area contributed by atoms with Crippen molar-refractivity contribution in [3.63, 3.8) is 0 Å². The summed E-state index contributed by atoms with van der Waals surface area (Å²) >= 11 is 0. The monoisotopic (exact) mass is 466 g/mol. The summed E-state index contributed by atoms with van der Waals surface area (Å²) in [6.45, 7) is 0.853. The molecular formula is C20H12F6N6O. The van der Waals surface area contributed by atoms with Gasteiger partial charge in [0.05, 0.1) is 29.3 Å². The maximum Gasteiger partial charge on any atom is 0.416 e. The summed E-state index contributed by atoms with van der Waals surface area (Å²) in [6.07, 6.45) is -9.31. The number of hydrogen-bond donors (Lipinski definition) is 1. The smallest absolute Gasteiger partial charge is 0.332 e. The molecule has 33 heavy (non-hydrogen) atoms. The standard InChI is InChI=1S/C20H12F6N6O/c1-18(9-28,29-17(33)11-2-4-13(5-3-11)19(21,22)23)10-32-30-15-7-14(20(24,25)26)6-12(8-27)16(15)31-32/h2-7H,10H2,1H3,(H,29,33). The largest absolute Gasteiger partial charge is 0.416 e. The Labute approximate surface area is 181 Å². The van der Waals surface area contributed by atoms with E-state index in [1.54, 1.807) is 6.07 Å². The summed E-state index contributed by atoms with van der Waals surface area (Å²) < 4.78 is 77.2. The average molecular weight is 466 g/mol. The molecule has 1 unspecified atom stereocenters. The van der Waals surface area contributed by atoms with Crippen molar-refractivity contribution in [2.24, 2.45) is 0 Å². The highest BCUT2D eigenvalue weighted by molar-refractivity contribution is 5.95. The molecule has 7 nitrogen and oxygen atoms in total. The number of carbonyl (C=O) groups excluding carboxylic acids is 1. The van der Waals surface area contributed by atoms with Crippen LogP contribution < -0.4 is 5.32 Å². The predicted octanol–water partition coefficient (Wildman–Crippen LogP) is 4.05. The molecule has 1 amide bonds. The second kappa shape index (κ2) is 8.09. The summed E-state index contributed by atoms with van der Waals surface area (Å²) in [4.78, 5) is 13.3. The van der Waals surface area contributed by atoms with Gasteiger partial charge in [0.15, 0.2) is 0 Å². The second-order valence-corrected chi connectivity index (χ2v) is 7.20. The van der Waals surface area contributed by atoms with Gasteiger partial charge in [-0.3, -0.25) is 4.79 Å². The number of amides is 1. The topological polar surface area (TPSA) is 107 Å². The zero-order valence-electron chi connectivity index (χ0n) is 16.6. The normalized spacial score (nSPS) is 13.7. The zero-order valence-corrected chi connectivity index (χ0v) is 16.6. The van der Waals surface area contributed by atoms with E-state index in [1.165, 1.54) is 6.92 Å². The van der Waals surface area contributed by atoms with Crippen LogP contribution in [0.5, 0.6) is 0 Å². The fraction of sp³-hybridized carbons (Fsp3) is 0.250. The Hall–Kier alpha value is -4.13. The van der Waals surface area contributed by atoms with Gasteiger partial charge in [0.1, 0.15) is 22.6 Å². The molecule has 13 heteroatoms. The Balaban J connectivity index is 1.87. The lowest BCUT2D eigenvalue weighted by molar-refractivity contribution is -0.138. The molecule has 1 heterocycles. The highest BCUT2D eigenvalue weighted by Crippen LogP contribution is 2.32. The lowest BCUT2D eigenvalue weighted by atomic mass is 10.0. The van der Waals surface area contributed by atoms with Crippen LogP contribution >= 0.6 is 0 Å². The molecule has 1 N–H and O–H groups in total. The van der Waals surface area contributed by atoms with Crippen LogP contribution in [0.3, 0.4) is 0 Å². The number of alkyl halides is 6. The van der Waals surface area contributed by atoms with Gasteiger partial charge in [0.2, 0.25) is 0 Å². The number of nitriles is 2. The van der Waals surface area contributed by atoms with Crippen molar-refractivity contribution in [2.75, 3.05) is 0 Å². The van der Waals surface area contributed by atoms with Crippen LogP contribution in [-0.2, 0) is 18.9 Å². The van der Waals surface area contributed by atoms with Gasteiger partial charge in [-0.2, -0.15) is 51.9 Å². The Bertz CT molecular complexity index is 1300. The van der Waals surface area contributed by atoms with Crippen LogP contribution in [0.2, 0.25) is 0 Å². The summed E-state index contributed by atoms with van der Waals surface area (Å²) in [5.74, 6) is -0.860. The number of aromatic nitrogens is 3. The molecule has 0 saturated heterocycles. The van der Waals surface area contributed by atoms with E-state index < -0.39 is 41.5 Å². The predicted molar refractivity (Wildman–Crippen MR) is 100 cm³/mol. The van der Waals surface area contributed by atoms with Crippen molar-refractivity contribution in [3.05, 3.63) is 58.7 Å². The zero-order chi connectivity index (χ0) is 24.6. The Morgan fingerprint density at radius 1 is 1.00 bits per heavy atom. The van der Waals surface area contributed by atoms with Gasteiger partial charge in [-0.05, 0) is 43.3 Å². The van der Waals surface area contributed by atoms with E-state index in [0.29, 0.717) is 24.3 Å². The van der Waals surface area contributed by atoms with Gasteiger partial charge in [-0.1, -0.05) is 0 Å². The highest BCUT2D eigenvalue weighted by Gasteiger charge is 2.34. The Kier molecular flexibility index (Phi) is 5.77. The van der Waals surface area contributed by atoms with E-state index >= 15 is 0 Å². The molecule has 0 radical (unpaired) electrons. The number of halogens is 6. The molecule has 0 spiro atoms. The quantitative estimate of drug-likeness (QED) is 0.584. The number of benzene rings is 2. The van der Waals surface area contributed by atoms with E-state index in [2.05, 4.69) is 15.5 Å². The van der Waals surface area contributed by atoms with Crippen LogP contribution in [0, 0.1) is 22.7 Å². The summed E-state index contributed by atoms with van der Waals surface area (Å²) in [5.41, 5.74) is -4.63. The fourth-order valence-corrected chi connectivity index (χ4v) is 2.90. The van der Waals surface area contributed by atoms with Gasteiger partial charge in [-0.25, -0.2) is 0 Å². The SMILES string of the molecule is CC(C#N)(Cn1nc2cc(C(F)(F)F)cc(C#N)c2n1)NC(=O)c1ccc(C(F)(F)F)cc1. The number of carbonyl (C=O) groups is 1. The molecule has 3 rings (SSSR count). The van der Waals surface area contributed by atoms with E-state index in [-0.39, 0.29) is 22.2 Å². The molecule has 0 saturated carbocycles. The van der Waals surface area contributed by atoms with Crippen molar-refractivity contribution < 1.29 is 31.1 Å². The molecule has 1 atom stereocenters. The third kappa shape index (κ3) is 5.03. The number of rotatable bonds is 4. The van der Waals surface area contributed by atoms with Gasteiger partial charge >= 0.3 is 12.4 Å². The van der Waals surface area contributed by atoms with Crippen LogP contribution in [0.4, 0.5) is 26.3 Å². The molecule has 0 aliphatic carbocycles. The van der Waals surface area contributed by atoms with Crippen LogP contribution in [0.25, 0.3) is 11.0 Å². The van der Waals surface area contributed by atoms with Crippen LogP contribution in [0.1, 0.15) is 34.0 Å². The third-order valence-electron chi connectivity index (χ3n) is 4.54. The summed E-state index contributed by atoms with van der Waals surface area (Å²) in [5, 5.41) is 28.9. The minimum Gasteiger partial charge on any atom is -0.332 e. The van der Waals surface area contributed by atoms with Gasteiger partial charge < -0.3 is 5.32 Å². The lowest BCUT2D eigenvalue weighted by Gasteiger charge is -2.22. The molecule has 0 aliphatic rings. The van der Waals surface area contributed by atoms with Crippen molar-refractivity contribution in [1.82, 2.24) is 20.3 Å². The van der Waals surface area contributed by atoms with Gasteiger partial charge in [0.25, 0.3) is 5.91 Å². The molecule has 1 aromatic heterocycles. The number of nitrogens with zero attached hydrogens (tertiary/aromatic N) is 5.